The molecule has 19 heavy (non-hydrogen) atoms. The van der Waals surface area contributed by atoms with Gasteiger partial charge in [0.05, 0.1) is 6.04 Å². The van der Waals surface area contributed by atoms with Gasteiger partial charge in [-0.15, -0.1) is 12.4 Å². The first-order valence-corrected chi connectivity index (χ1v) is 6.29. The predicted octanol–water partition coefficient (Wildman–Crippen LogP) is 3.76. The Balaban J connectivity index is 0.00000133. The second kappa shape index (κ2) is 5.64. The van der Waals surface area contributed by atoms with Crippen LogP contribution in [-0.2, 0) is 6.42 Å². The molecular formula is C15H14Cl2N2. The summed E-state index contributed by atoms with van der Waals surface area (Å²) in [5.74, 6) is 0.576. The van der Waals surface area contributed by atoms with Gasteiger partial charge in [0.2, 0.25) is 0 Å². The van der Waals surface area contributed by atoms with Crippen molar-refractivity contribution in [3.8, 4) is 0 Å². The van der Waals surface area contributed by atoms with Crippen molar-refractivity contribution in [2.75, 3.05) is 0 Å². The van der Waals surface area contributed by atoms with E-state index >= 15 is 0 Å². The second-order valence-corrected chi connectivity index (χ2v) is 4.82. The highest BCUT2D eigenvalue weighted by Crippen LogP contribution is 2.32. The van der Waals surface area contributed by atoms with Gasteiger partial charge in [-0.05, 0) is 17.2 Å². The van der Waals surface area contributed by atoms with Crippen LogP contribution in [0.2, 0.25) is 5.02 Å². The van der Waals surface area contributed by atoms with E-state index in [2.05, 4.69) is 17.1 Å². The molecular weight excluding hydrogens is 279 g/mol. The van der Waals surface area contributed by atoms with E-state index < -0.39 is 0 Å². The zero-order valence-corrected chi connectivity index (χ0v) is 11.8. The number of hydrogen-bond acceptors (Lipinski definition) is 2. The quantitative estimate of drug-likeness (QED) is 0.854. The van der Waals surface area contributed by atoms with Gasteiger partial charge in [0.1, 0.15) is 5.84 Å². The summed E-state index contributed by atoms with van der Waals surface area (Å²) < 4.78 is 0. The Labute approximate surface area is 123 Å². The number of fused-ring (bicyclic) bond motifs is 1. The van der Waals surface area contributed by atoms with Crippen molar-refractivity contribution in [1.82, 2.24) is 0 Å². The zero-order chi connectivity index (χ0) is 12.5. The molecule has 4 heteroatoms. The zero-order valence-electron chi connectivity index (χ0n) is 10.2. The Morgan fingerprint density at radius 1 is 1.05 bits per heavy atom. The summed E-state index contributed by atoms with van der Waals surface area (Å²) in [5.41, 5.74) is 9.27. The van der Waals surface area contributed by atoms with E-state index in [1.165, 1.54) is 5.56 Å². The molecule has 0 saturated heterocycles. The van der Waals surface area contributed by atoms with Crippen molar-refractivity contribution in [2.24, 2.45) is 10.7 Å². The molecule has 0 fully saturated rings. The molecule has 0 aliphatic carbocycles. The molecule has 1 aliphatic rings. The lowest BCUT2D eigenvalue weighted by Gasteiger charge is -2.22. The fourth-order valence-electron chi connectivity index (χ4n) is 2.35. The van der Waals surface area contributed by atoms with Crippen LogP contribution in [0.1, 0.15) is 22.7 Å². The maximum Gasteiger partial charge on any atom is 0.126 e. The average molecular weight is 293 g/mol. The minimum absolute atomic E-state index is 0. The van der Waals surface area contributed by atoms with Gasteiger partial charge in [0, 0.05) is 17.0 Å². The molecule has 0 saturated carbocycles. The normalized spacial score (nSPS) is 17.1. The van der Waals surface area contributed by atoms with Crippen molar-refractivity contribution in [1.29, 1.82) is 0 Å². The fourth-order valence-corrected chi connectivity index (χ4v) is 2.60. The molecule has 1 aliphatic heterocycles. The lowest BCUT2D eigenvalue weighted by molar-refractivity contribution is 0.710. The van der Waals surface area contributed by atoms with Crippen LogP contribution >= 0.6 is 24.0 Å². The highest BCUT2D eigenvalue weighted by Gasteiger charge is 2.22. The first kappa shape index (κ1) is 13.9. The van der Waals surface area contributed by atoms with Gasteiger partial charge in [-0.2, -0.15) is 0 Å². The molecule has 2 aromatic carbocycles. The number of nitrogens with zero attached hydrogens (tertiary/aromatic N) is 1. The third-order valence-electron chi connectivity index (χ3n) is 3.27. The highest BCUT2D eigenvalue weighted by atomic mass is 35.5. The summed E-state index contributed by atoms with van der Waals surface area (Å²) in [6.07, 6.45) is 0.805. The van der Waals surface area contributed by atoms with E-state index in [0.717, 1.165) is 22.6 Å². The number of hydrogen-bond donors (Lipinski definition) is 1. The second-order valence-electron chi connectivity index (χ2n) is 4.41. The number of aliphatic imine (C=N–C) groups is 1. The van der Waals surface area contributed by atoms with Crippen LogP contribution in [0.4, 0.5) is 0 Å². The summed E-state index contributed by atoms with van der Waals surface area (Å²) in [4.78, 5) is 4.57. The van der Waals surface area contributed by atoms with Crippen LogP contribution in [0, 0.1) is 0 Å². The standard InChI is InChI=1S/C15H13ClN2.ClH/c16-13-8-4-7-11-12(13)9-14(18-15(11)17)10-5-2-1-3-6-10;/h1-8,14H,9H2,(H2,17,18);1H. The number of halogens is 2. The Morgan fingerprint density at radius 3 is 2.53 bits per heavy atom. The average Bonchev–Trinajstić information content (AvgIpc) is 2.41. The minimum atomic E-state index is 0. The van der Waals surface area contributed by atoms with Gasteiger partial charge < -0.3 is 5.73 Å². The Bertz CT molecular complexity index is 609. The molecule has 98 valence electrons. The maximum absolute atomic E-state index is 6.25. The fraction of sp³-hybridized carbons (Fsp3) is 0.133. The van der Waals surface area contributed by atoms with E-state index in [9.17, 15) is 0 Å². The topological polar surface area (TPSA) is 38.4 Å². The summed E-state index contributed by atoms with van der Waals surface area (Å²) in [5, 5.41) is 0.770. The van der Waals surface area contributed by atoms with Gasteiger partial charge in [-0.3, -0.25) is 4.99 Å². The van der Waals surface area contributed by atoms with Gasteiger partial charge >= 0.3 is 0 Å². The summed E-state index contributed by atoms with van der Waals surface area (Å²) in [6.45, 7) is 0. The number of rotatable bonds is 1. The number of amidine groups is 1. The molecule has 0 radical (unpaired) electrons. The molecule has 0 aromatic heterocycles. The van der Waals surface area contributed by atoms with Gasteiger partial charge in [-0.1, -0.05) is 54.1 Å². The molecule has 0 amide bonds. The maximum atomic E-state index is 6.25. The van der Waals surface area contributed by atoms with Crippen LogP contribution in [0.3, 0.4) is 0 Å². The van der Waals surface area contributed by atoms with E-state index in [0.29, 0.717) is 5.84 Å². The minimum Gasteiger partial charge on any atom is -0.383 e. The summed E-state index contributed by atoms with van der Waals surface area (Å²) in [6, 6.07) is 16.0. The van der Waals surface area contributed by atoms with Crippen LogP contribution in [0.25, 0.3) is 0 Å². The van der Waals surface area contributed by atoms with Crippen molar-refractivity contribution in [3.05, 3.63) is 70.2 Å². The lowest BCUT2D eigenvalue weighted by Crippen LogP contribution is -2.23. The highest BCUT2D eigenvalue weighted by molar-refractivity contribution is 6.32. The third-order valence-corrected chi connectivity index (χ3v) is 3.63. The van der Waals surface area contributed by atoms with E-state index in [-0.39, 0.29) is 18.4 Å². The molecule has 2 aromatic rings. The van der Waals surface area contributed by atoms with Crippen LogP contribution in [-0.4, -0.2) is 5.84 Å². The molecule has 1 unspecified atom stereocenters. The third kappa shape index (κ3) is 2.60. The summed E-state index contributed by atoms with van der Waals surface area (Å²) in [7, 11) is 0. The molecule has 0 spiro atoms. The summed E-state index contributed by atoms with van der Waals surface area (Å²) >= 11 is 6.25. The van der Waals surface area contributed by atoms with Crippen LogP contribution < -0.4 is 5.73 Å². The molecule has 3 rings (SSSR count). The predicted molar refractivity (Wildman–Crippen MR) is 82.3 cm³/mol. The SMILES string of the molecule is Cl.NC1=NC(c2ccccc2)Cc2c(Cl)cccc21. The Kier molecular flexibility index (Phi) is 4.13. The largest absolute Gasteiger partial charge is 0.383 e. The van der Waals surface area contributed by atoms with Crippen molar-refractivity contribution >= 4 is 29.8 Å². The van der Waals surface area contributed by atoms with Crippen LogP contribution in [0.5, 0.6) is 0 Å². The molecule has 1 atom stereocenters. The number of benzene rings is 2. The molecule has 1 heterocycles. The molecule has 0 bridgehead atoms. The van der Waals surface area contributed by atoms with Gasteiger partial charge in [0.25, 0.3) is 0 Å². The van der Waals surface area contributed by atoms with Crippen molar-refractivity contribution in [2.45, 2.75) is 12.5 Å². The first-order valence-electron chi connectivity index (χ1n) is 5.91. The van der Waals surface area contributed by atoms with Crippen molar-refractivity contribution in [3.63, 3.8) is 0 Å². The monoisotopic (exact) mass is 292 g/mol. The Hall–Kier alpha value is -1.51. The van der Waals surface area contributed by atoms with E-state index in [4.69, 9.17) is 17.3 Å². The smallest absolute Gasteiger partial charge is 0.126 e. The first-order chi connectivity index (χ1) is 8.75. The van der Waals surface area contributed by atoms with E-state index in [1.807, 2.05) is 36.4 Å². The molecule has 2 nitrogen and oxygen atoms in total. The van der Waals surface area contributed by atoms with E-state index in [1.54, 1.807) is 0 Å². The van der Waals surface area contributed by atoms with Gasteiger partial charge in [-0.25, -0.2) is 0 Å². The van der Waals surface area contributed by atoms with Crippen LogP contribution in [0.15, 0.2) is 53.5 Å². The Morgan fingerprint density at radius 2 is 1.79 bits per heavy atom. The molecule has 2 N–H and O–H groups in total. The lowest BCUT2D eigenvalue weighted by atomic mass is 9.92. The van der Waals surface area contributed by atoms with Crippen molar-refractivity contribution < 1.29 is 0 Å². The van der Waals surface area contributed by atoms with Gasteiger partial charge in [0.15, 0.2) is 0 Å². The number of nitrogens with two attached hydrogens (primary N) is 1.